The number of aliphatic hydroxyl groups excluding tert-OH is 1. The van der Waals surface area contributed by atoms with Crippen molar-refractivity contribution < 1.29 is 9.84 Å². The van der Waals surface area contributed by atoms with E-state index in [1.807, 2.05) is 6.92 Å². The van der Waals surface area contributed by atoms with Crippen LogP contribution >= 0.6 is 0 Å². The highest BCUT2D eigenvalue weighted by atomic mass is 16.5. The van der Waals surface area contributed by atoms with E-state index in [0.717, 1.165) is 32.3 Å². The molecule has 0 unspecified atom stereocenters. The molecule has 0 aromatic rings. The van der Waals surface area contributed by atoms with Gasteiger partial charge < -0.3 is 9.84 Å². The Balaban J connectivity index is 2.13. The van der Waals surface area contributed by atoms with Crippen LogP contribution in [0.4, 0.5) is 0 Å². The minimum atomic E-state index is -0.0586. The summed E-state index contributed by atoms with van der Waals surface area (Å²) in [6, 6.07) is 0. The smallest absolute Gasteiger partial charge is 0.0576 e. The molecule has 0 aliphatic heterocycles. The van der Waals surface area contributed by atoms with Gasteiger partial charge in [0.2, 0.25) is 0 Å². The third-order valence-electron chi connectivity index (χ3n) is 2.05. The predicted molar refractivity (Wildman–Crippen MR) is 39.9 cm³/mol. The minimum Gasteiger partial charge on any atom is -0.393 e. The number of ether oxygens (including phenoxy) is 1. The zero-order valence-electron chi connectivity index (χ0n) is 6.55. The van der Waals surface area contributed by atoms with E-state index < -0.39 is 0 Å². The zero-order chi connectivity index (χ0) is 7.40. The van der Waals surface area contributed by atoms with Crippen LogP contribution in [0.5, 0.6) is 0 Å². The Kier molecular flexibility index (Phi) is 3.16. The molecule has 1 aliphatic carbocycles. The van der Waals surface area contributed by atoms with Gasteiger partial charge >= 0.3 is 0 Å². The lowest BCUT2D eigenvalue weighted by Gasteiger charge is -2.24. The van der Waals surface area contributed by atoms with Crippen molar-refractivity contribution >= 4 is 0 Å². The third kappa shape index (κ3) is 2.27. The molecule has 0 aromatic carbocycles. The summed E-state index contributed by atoms with van der Waals surface area (Å²) in [6.45, 7) is 2.83. The highest BCUT2D eigenvalue weighted by molar-refractivity contribution is 4.71. The summed E-state index contributed by atoms with van der Waals surface area (Å²) in [6.07, 6.45) is 4.28. The number of hydrogen-bond acceptors (Lipinski definition) is 2. The van der Waals surface area contributed by atoms with E-state index in [-0.39, 0.29) is 6.10 Å². The molecule has 1 fully saturated rings. The van der Waals surface area contributed by atoms with Crippen molar-refractivity contribution in [1.82, 2.24) is 0 Å². The van der Waals surface area contributed by atoms with Crippen LogP contribution < -0.4 is 0 Å². The summed E-state index contributed by atoms with van der Waals surface area (Å²) >= 11 is 0. The molecule has 1 aliphatic rings. The second kappa shape index (κ2) is 3.94. The van der Waals surface area contributed by atoms with Gasteiger partial charge in [0.25, 0.3) is 0 Å². The van der Waals surface area contributed by atoms with Gasteiger partial charge in [0, 0.05) is 6.61 Å². The van der Waals surface area contributed by atoms with Gasteiger partial charge in [-0.15, -0.1) is 0 Å². The fourth-order valence-corrected chi connectivity index (χ4v) is 1.45. The van der Waals surface area contributed by atoms with Crippen molar-refractivity contribution in [2.45, 2.75) is 44.8 Å². The van der Waals surface area contributed by atoms with Crippen LogP contribution in [0.2, 0.25) is 0 Å². The second-order valence-electron chi connectivity index (χ2n) is 2.89. The van der Waals surface area contributed by atoms with E-state index in [0.29, 0.717) is 6.10 Å². The van der Waals surface area contributed by atoms with Gasteiger partial charge in [-0.2, -0.15) is 0 Å². The summed E-state index contributed by atoms with van der Waals surface area (Å²) in [5.74, 6) is 0. The van der Waals surface area contributed by atoms with E-state index in [2.05, 4.69) is 0 Å². The average Bonchev–Trinajstić information content (AvgIpc) is 1.95. The number of rotatable bonds is 2. The quantitative estimate of drug-likeness (QED) is 0.633. The molecule has 0 heterocycles. The monoisotopic (exact) mass is 144 g/mol. The molecule has 2 heteroatoms. The molecule has 60 valence electrons. The normalized spacial score (nSPS) is 34.2. The Bertz CT molecular complexity index is 85.3. The predicted octanol–water partition coefficient (Wildman–Crippen LogP) is 1.33. The molecular formula is C8H16O2. The Labute approximate surface area is 62.2 Å². The average molecular weight is 144 g/mol. The summed E-state index contributed by atoms with van der Waals surface area (Å²) in [5.41, 5.74) is 0. The lowest BCUT2D eigenvalue weighted by Crippen LogP contribution is -2.24. The lowest BCUT2D eigenvalue weighted by atomic mass is 9.95. The van der Waals surface area contributed by atoms with Crippen molar-refractivity contribution in [3.8, 4) is 0 Å². The van der Waals surface area contributed by atoms with Gasteiger partial charge in [-0.1, -0.05) is 0 Å². The third-order valence-corrected chi connectivity index (χ3v) is 2.05. The summed E-state index contributed by atoms with van der Waals surface area (Å²) in [4.78, 5) is 0. The molecular weight excluding hydrogens is 128 g/mol. The van der Waals surface area contributed by atoms with Crippen LogP contribution in [-0.4, -0.2) is 23.9 Å². The maximum atomic E-state index is 9.14. The van der Waals surface area contributed by atoms with Crippen LogP contribution in [0.25, 0.3) is 0 Å². The topological polar surface area (TPSA) is 29.5 Å². The van der Waals surface area contributed by atoms with Crippen LogP contribution in [0.3, 0.4) is 0 Å². The molecule has 0 aromatic heterocycles. The van der Waals surface area contributed by atoms with E-state index >= 15 is 0 Å². The Morgan fingerprint density at radius 2 is 1.90 bits per heavy atom. The molecule has 0 bridgehead atoms. The highest BCUT2D eigenvalue weighted by Gasteiger charge is 2.18. The van der Waals surface area contributed by atoms with Crippen LogP contribution in [0.15, 0.2) is 0 Å². The van der Waals surface area contributed by atoms with Crippen molar-refractivity contribution in [3.05, 3.63) is 0 Å². The summed E-state index contributed by atoms with van der Waals surface area (Å²) < 4.78 is 5.42. The standard InChI is InChI=1S/C8H16O2/c1-2-10-8-5-3-7(9)4-6-8/h7-9H,2-6H2,1H3. The van der Waals surface area contributed by atoms with Gasteiger partial charge in [0.1, 0.15) is 0 Å². The zero-order valence-corrected chi connectivity index (χ0v) is 6.55. The molecule has 1 N–H and O–H groups in total. The molecule has 1 saturated carbocycles. The molecule has 0 saturated heterocycles. The molecule has 0 spiro atoms. The first-order chi connectivity index (χ1) is 4.83. The largest absolute Gasteiger partial charge is 0.393 e. The van der Waals surface area contributed by atoms with Gasteiger partial charge in [0.05, 0.1) is 12.2 Å². The SMILES string of the molecule is CCOC1CCC(O)CC1. The molecule has 0 radical (unpaired) electrons. The van der Waals surface area contributed by atoms with E-state index in [4.69, 9.17) is 9.84 Å². The fraction of sp³-hybridized carbons (Fsp3) is 1.00. The number of aliphatic hydroxyl groups is 1. The van der Waals surface area contributed by atoms with Crippen LogP contribution in [-0.2, 0) is 4.74 Å². The van der Waals surface area contributed by atoms with Gasteiger partial charge in [-0.05, 0) is 32.6 Å². The second-order valence-corrected chi connectivity index (χ2v) is 2.89. The lowest BCUT2D eigenvalue weighted by molar-refractivity contribution is 0.00256. The molecule has 0 amide bonds. The Hall–Kier alpha value is -0.0800. The van der Waals surface area contributed by atoms with Gasteiger partial charge in [0.15, 0.2) is 0 Å². The van der Waals surface area contributed by atoms with Gasteiger partial charge in [-0.3, -0.25) is 0 Å². The van der Waals surface area contributed by atoms with Crippen molar-refractivity contribution in [1.29, 1.82) is 0 Å². The summed E-state index contributed by atoms with van der Waals surface area (Å²) in [5, 5.41) is 9.14. The first kappa shape index (κ1) is 8.02. The first-order valence-corrected chi connectivity index (χ1v) is 4.12. The molecule has 1 rings (SSSR count). The van der Waals surface area contributed by atoms with Crippen molar-refractivity contribution in [2.24, 2.45) is 0 Å². The molecule has 2 nitrogen and oxygen atoms in total. The number of hydrogen-bond donors (Lipinski definition) is 1. The Morgan fingerprint density at radius 3 is 2.40 bits per heavy atom. The van der Waals surface area contributed by atoms with Crippen LogP contribution in [0, 0.1) is 0 Å². The summed E-state index contributed by atoms with van der Waals surface area (Å²) in [7, 11) is 0. The molecule has 10 heavy (non-hydrogen) atoms. The van der Waals surface area contributed by atoms with Crippen LogP contribution in [0.1, 0.15) is 32.6 Å². The van der Waals surface area contributed by atoms with E-state index in [1.165, 1.54) is 0 Å². The van der Waals surface area contributed by atoms with Gasteiger partial charge in [-0.25, -0.2) is 0 Å². The maximum absolute atomic E-state index is 9.14. The maximum Gasteiger partial charge on any atom is 0.0576 e. The van der Waals surface area contributed by atoms with E-state index in [9.17, 15) is 0 Å². The fourth-order valence-electron chi connectivity index (χ4n) is 1.45. The first-order valence-electron chi connectivity index (χ1n) is 4.12. The molecule has 0 atom stereocenters. The Morgan fingerprint density at radius 1 is 1.30 bits per heavy atom. The minimum absolute atomic E-state index is 0.0586. The van der Waals surface area contributed by atoms with Crippen molar-refractivity contribution in [3.63, 3.8) is 0 Å². The van der Waals surface area contributed by atoms with E-state index in [1.54, 1.807) is 0 Å². The highest BCUT2D eigenvalue weighted by Crippen LogP contribution is 2.20. The van der Waals surface area contributed by atoms with Crippen molar-refractivity contribution in [2.75, 3.05) is 6.61 Å².